The van der Waals surface area contributed by atoms with Gasteiger partial charge in [0.15, 0.2) is 11.5 Å². The van der Waals surface area contributed by atoms with E-state index in [1.165, 1.54) is 19.3 Å². The van der Waals surface area contributed by atoms with Crippen LogP contribution in [0.4, 0.5) is 0 Å². The van der Waals surface area contributed by atoms with E-state index in [2.05, 4.69) is 0 Å². The van der Waals surface area contributed by atoms with Gasteiger partial charge in [-0.2, -0.15) is 0 Å². The van der Waals surface area contributed by atoms with Crippen molar-refractivity contribution >= 4 is 17.9 Å². The van der Waals surface area contributed by atoms with Crippen molar-refractivity contribution in [3.63, 3.8) is 0 Å². The number of hydrogen-bond donors (Lipinski definition) is 0. The molecule has 98 valence electrons. The minimum Gasteiger partial charge on any atom is -0.493 e. The smallest absolute Gasteiger partial charge is 0.180 e. The Labute approximate surface area is 112 Å². The van der Waals surface area contributed by atoms with Crippen molar-refractivity contribution in [2.24, 2.45) is 0 Å². The molecular weight excluding hydrogens is 252 g/mol. The summed E-state index contributed by atoms with van der Waals surface area (Å²) in [5.74, 6) is 1.08. The molecule has 1 aliphatic carbocycles. The van der Waals surface area contributed by atoms with Gasteiger partial charge < -0.3 is 9.47 Å². The standard InChI is InChI=1S/C14H17ClO3/c1-17-13-8-10(9-16)7-12(15)14(13)18-11-5-3-2-4-6-11/h7-9,11H,2-6H2,1H3. The molecule has 0 unspecified atom stereocenters. The van der Waals surface area contributed by atoms with E-state index in [0.717, 1.165) is 19.1 Å². The lowest BCUT2D eigenvalue weighted by molar-refractivity contribution is 0.112. The topological polar surface area (TPSA) is 35.5 Å². The van der Waals surface area contributed by atoms with Crippen LogP contribution >= 0.6 is 11.6 Å². The highest BCUT2D eigenvalue weighted by atomic mass is 35.5. The average molecular weight is 269 g/mol. The lowest BCUT2D eigenvalue weighted by Gasteiger charge is -2.24. The van der Waals surface area contributed by atoms with E-state index >= 15 is 0 Å². The second kappa shape index (κ2) is 6.10. The van der Waals surface area contributed by atoms with E-state index in [-0.39, 0.29) is 6.10 Å². The highest BCUT2D eigenvalue weighted by Crippen LogP contribution is 2.38. The molecule has 1 aliphatic rings. The van der Waals surface area contributed by atoms with Gasteiger partial charge in [-0.3, -0.25) is 4.79 Å². The normalized spacial score (nSPS) is 16.3. The fourth-order valence-electron chi connectivity index (χ4n) is 2.27. The fourth-order valence-corrected chi connectivity index (χ4v) is 2.54. The van der Waals surface area contributed by atoms with E-state index in [1.54, 1.807) is 19.2 Å². The summed E-state index contributed by atoms with van der Waals surface area (Å²) in [5.41, 5.74) is 0.493. The van der Waals surface area contributed by atoms with Crippen LogP contribution in [0.25, 0.3) is 0 Å². The highest BCUT2D eigenvalue weighted by molar-refractivity contribution is 6.32. The molecule has 1 saturated carbocycles. The van der Waals surface area contributed by atoms with Crippen LogP contribution < -0.4 is 9.47 Å². The summed E-state index contributed by atoms with van der Waals surface area (Å²) in [6, 6.07) is 3.26. The van der Waals surface area contributed by atoms with Gasteiger partial charge in [0, 0.05) is 5.56 Å². The van der Waals surface area contributed by atoms with Gasteiger partial charge in [0.05, 0.1) is 18.2 Å². The molecule has 0 spiro atoms. The van der Waals surface area contributed by atoms with Gasteiger partial charge in [-0.05, 0) is 37.8 Å². The van der Waals surface area contributed by atoms with E-state index < -0.39 is 0 Å². The van der Waals surface area contributed by atoms with Crippen LogP contribution in [0.2, 0.25) is 5.02 Å². The number of ether oxygens (including phenoxy) is 2. The first-order chi connectivity index (χ1) is 8.74. The van der Waals surface area contributed by atoms with Crippen molar-refractivity contribution in [3.05, 3.63) is 22.7 Å². The molecule has 0 radical (unpaired) electrons. The lowest BCUT2D eigenvalue weighted by atomic mass is 9.98. The number of methoxy groups -OCH3 is 1. The maximum absolute atomic E-state index is 10.8. The summed E-state index contributed by atoms with van der Waals surface area (Å²) in [5, 5.41) is 0.432. The average Bonchev–Trinajstić information content (AvgIpc) is 2.42. The molecule has 0 aromatic heterocycles. The summed E-state index contributed by atoms with van der Waals surface area (Å²) in [6.07, 6.45) is 6.71. The van der Waals surface area contributed by atoms with E-state index in [9.17, 15) is 4.79 Å². The van der Waals surface area contributed by atoms with Gasteiger partial charge in [0.25, 0.3) is 0 Å². The third kappa shape index (κ3) is 2.96. The van der Waals surface area contributed by atoms with Gasteiger partial charge in [-0.1, -0.05) is 18.0 Å². The first kappa shape index (κ1) is 13.2. The first-order valence-electron chi connectivity index (χ1n) is 6.24. The van der Waals surface area contributed by atoms with Crippen molar-refractivity contribution in [2.75, 3.05) is 7.11 Å². The number of aldehydes is 1. The van der Waals surface area contributed by atoms with Gasteiger partial charge in [0.2, 0.25) is 0 Å². The minimum absolute atomic E-state index is 0.201. The molecule has 0 bridgehead atoms. The number of benzene rings is 1. The Bertz CT molecular complexity index is 425. The number of carbonyl (C=O) groups is 1. The zero-order chi connectivity index (χ0) is 13.0. The van der Waals surface area contributed by atoms with Crippen LogP contribution in [0.1, 0.15) is 42.5 Å². The van der Waals surface area contributed by atoms with Crippen LogP contribution in [-0.2, 0) is 0 Å². The monoisotopic (exact) mass is 268 g/mol. The number of rotatable bonds is 4. The molecule has 0 aliphatic heterocycles. The number of carbonyl (C=O) groups excluding carboxylic acids is 1. The first-order valence-corrected chi connectivity index (χ1v) is 6.61. The van der Waals surface area contributed by atoms with Crippen LogP contribution in [0.5, 0.6) is 11.5 Å². The molecule has 0 saturated heterocycles. The Balaban J connectivity index is 2.22. The molecule has 3 nitrogen and oxygen atoms in total. The summed E-state index contributed by atoms with van der Waals surface area (Å²) >= 11 is 6.15. The lowest BCUT2D eigenvalue weighted by Crippen LogP contribution is -2.20. The molecule has 4 heteroatoms. The molecule has 1 aromatic carbocycles. The maximum atomic E-state index is 10.8. The predicted octanol–water partition coefficient (Wildman–Crippen LogP) is 3.87. The molecule has 0 N–H and O–H groups in total. The van der Waals surface area contributed by atoms with Gasteiger partial charge in [-0.25, -0.2) is 0 Å². The van der Waals surface area contributed by atoms with Crippen LogP contribution in [0.3, 0.4) is 0 Å². The van der Waals surface area contributed by atoms with Crippen LogP contribution in [0, 0.1) is 0 Å². The van der Waals surface area contributed by atoms with Crippen LogP contribution in [-0.4, -0.2) is 19.5 Å². The highest BCUT2D eigenvalue weighted by Gasteiger charge is 2.19. The van der Waals surface area contributed by atoms with E-state index in [4.69, 9.17) is 21.1 Å². The Hall–Kier alpha value is -1.22. The second-order valence-corrected chi connectivity index (χ2v) is 4.94. The summed E-state index contributed by atoms with van der Waals surface area (Å²) in [4.78, 5) is 10.8. The third-order valence-electron chi connectivity index (χ3n) is 3.22. The second-order valence-electron chi connectivity index (χ2n) is 4.53. The zero-order valence-corrected chi connectivity index (χ0v) is 11.2. The summed E-state index contributed by atoms with van der Waals surface area (Å²) in [6.45, 7) is 0. The zero-order valence-electron chi connectivity index (χ0n) is 10.4. The molecule has 2 rings (SSSR count). The van der Waals surface area contributed by atoms with Crippen molar-refractivity contribution in [1.82, 2.24) is 0 Å². The Morgan fingerprint density at radius 1 is 1.28 bits per heavy atom. The van der Waals surface area contributed by atoms with Gasteiger partial charge >= 0.3 is 0 Å². The molecule has 0 amide bonds. The molecule has 0 heterocycles. The van der Waals surface area contributed by atoms with Gasteiger partial charge in [-0.15, -0.1) is 0 Å². The minimum atomic E-state index is 0.201. The summed E-state index contributed by atoms with van der Waals surface area (Å²) in [7, 11) is 1.55. The molecular formula is C14H17ClO3. The van der Waals surface area contributed by atoms with Crippen molar-refractivity contribution in [2.45, 2.75) is 38.2 Å². The van der Waals surface area contributed by atoms with Crippen molar-refractivity contribution < 1.29 is 14.3 Å². The number of hydrogen-bond acceptors (Lipinski definition) is 3. The molecule has 0 atom stereocenters. The summed E-state index contributed by atoms with van der Waals surface area (Å²) < 4.78 is 11.2. The largest absolute Gasteiger partial charge is 0.493 e. The van der Waals surface area contributed by atoms with Gasteiger partial charge in [0.1, 0.15) is 6.29 Å². The Morgan fingerprint density at radius 2 is 2.00 bits per heavy atom. The van der Waals surface area contributed by atoms with E-state index in [1.807, 2.05) is 0 Å². The van der Waals surface area contributed by atoms with Crippen LogP contribution in [0.15, 0.2) is 12.1 Å². The molecule has 1 fully saturated rings. The predicted molar refractivity (Wildman–Crippen MR) is 70.9 cm³/mol. The third-order valence-corrected chi connectivity index (χ3v) is 3.51. The SMILES string of the molecule is COc1cc(C=O)cc(Cl)c1OC1CCCCC1. The van der Waals surface area contributed by atoms with Crippen molar-refractivity contribution in [1.29, 1.82) is 0 Å². The molecule has 1 aromatic rings. The Morgan fingerprint density at radius 3 is 2.61 bits per heavy atom. The number of halogens is 1. The maximum Gasteiger partial charge on any atom is 0.180 e. The quantitative estimate of drug-likeness (QED) is 0.778. The molecule has 18 heavy (non-hydrogen) atoms. The van der Waals surface area contributed by atoms with E-state index in [0.29, 0.717) is 22.1 Å². The van der Waals surface area contributed by atoms with Crippen molar-refractivity contribution in [3.8, 4) is 11.5 Å². The fraction of sp³-hybridized carbons (Fsp3) is 0.500. The Kier molecular flexibility index (Phi) is 4.48.